The van der Waals surface area contributed by atoms with Crippen molar-refractivity contribution in [3.05, 3.63) is 59.5 Å². The Labute approximate surface area is 189 Å². The Balaban J connectivity index is 0. The number of allylic oxidation sites excluding steroid dienone is 3. The SMILES string of the molecule is C=C(NCc1ccc(OC)cc1OC)/C(OC)=C(\C=C/C)C(=N)C=NC.CC.CCC. The lowest BCUT2D eigenvalue weighted by molar-refractivity contribution is 0.294. The molecule has 31 heavy (non-hydrogen) atoms. The minimum Gasteiger partial charge on any atom is -0.497 e. The Morgan fingerprint density at radius 2 is 1.77 bits per heavy atom. The van der Waals surface area contributed by atoms with Gasteiger partial charge in [-0.15, -0.1) is 0 Å². The van der Waals surface area contributed by atoms with E-state index in [2.05, 4.69) is 30.7 Å². The van der Waals surface area contributed by atoms with Crippen LogP contribution in [0.5, 0.6) is 11.5 Å². The van der Waals surface area contributed by atoms with Gasteiger partial charge in [-0.2, -0.15) is 0 Å². The summed E-state index contributed by atoms with van der Waals surface area (Å²) in [5, 5.41) is 11.4. The van der Waals surface area contributed by atoms with Crippen molar-refractivity contribution >= 4 is 11.9 Å². The van der Waals surface area contributed by atoms with Gasteiger partial charge in [-0.1, -0.05) is 52.8 Å². The molecule has 1 rings (SSSR count). The van der Waals surface area contributed by atoms with Crippen LogP contribution in [0, 0.1) is 5.41 Å². The van der Waals surface area contributed by atoms with Gasteiger partial charge in [0.1, 0.15) is 11.5 Å². The Morgan fingerprint density at radius 1 is 1.16 bits per heavy atom. The molecular formula is C25H41N3O3. The molecule has 6 nitrogen and oxygen atoms in total. The van der Waals surface area contributed by atoms with Crippen LogP contribution in [0.4, 0.5) is 0 Å². The molecule has 0 aliphatic rings. The number of hydrogen-bond acceptors (Lipinski definition) is 6. The number of methoxy groups -OCH3 is 3. The van der Waals surface area contributed by atoms with Crippen molar-refractivity contribution in [2.45, 2.75) is 47.6 Å². The topological polar surface area (TPSA) is 75.9 Å². The number of nitrogens with zero attached hydrogens (tertiary/aromatic N) is 1. The summed E-state index contributed by atoms with van der Waals surface area (Å²) in [6.07, 6.45) is 6.35. The van der Waals surface area contributed by atoms with Crippen LogP contribution >= 0.6 is 0 Å². The average Bonchev–Trinajstić information content (AvgIpc) is 2.79. The normalized spacial score (nSPS) is 10.9. The summed E-state index contributed by atoms with van der Waals surface area (Å²) in [4.78, 5) is 3.90. The first-order chi connectivity index (χ1) is 14.9. The van der Waals surface area contributed by atoms with Gasteiger partial charge in [0.05, 0.1) is 32.7 Å². The van der Waals surface area contributed by atoms with E-state index in [1.165, 1.54) is 12.6 Å². The van der Waals surface area contributed by atoms with Crippen molar-refractivity contribution in [2.75, 3.05) is 28.4 Å². The maximum Gasteiger partial charge on any atom is 0.150 e. The zero-order valence-corrected chi connectivity index (χ0v) is 20.8. The van der Waals surface area contributed by atoms with Crippen molar-refractivity contribution < 1.29 is 14.2 Å². The highest BCUT2D eigenvalue weighted by Gasteiger charge is 2.13. The summed E-state index contributed by atoms with van der Waals surface area (Å²) < 4.78 is 16.1. The van der Waals surface area contributed by atoms with E-state index in [1.807, 2.05) is 45.0 Å². The third kappa shape index (κ3) is 11.1. The first kappa shape index (κ1) is 30.2. The number of nitrogens with one attached hydrogen (secondary N) is 2. The maximum absolute atomic E-state index is 8.14. The average molecular weight is 432 g/mol. The number of ether oxygens (including phenoxy) is 3. The summed E-state index contributed by atoms with van der Waals surface area (Å²) >= 11 is 0. The molecule has 0 aromatic heterocycles. The van der Waals surface area contributed by atoms with E-state index in [9.17, 15) is 0 Å². The summed E-state index contributed by atoms with van der Waals surface area (Å²) in [6, 6.07) is 5.62. The lowest BCUT2D eigenvalue weighted by atomic mass is 10.1. The van der Waals surface area contributed by atoms with Gasteiger partial charge in [0.2, 0.25) is 0 Å². The molecule has 174 valence electrons. The summed E-state index contributed by atoms with van der Waals surface area (Å²) in [7, 11) is 6.40. The fraction of sp³-hybridized carbons (Fsp3) is 0.440. The van der Waals surface area contributed by atoms with Crippen molar-refractivity contribution in [2.24, 2.45) is 4.99 Å². The molecule has 2 N–H and O–H groups in total. The lowest BCUT2D eigenvalue weighted by Crippen LogP contribution is -2.18. The molecule has 0 aliphatic carbocycles. The highest BCUT2D eigenvalue weighted by Crippen LogP contribution is 2.25. The predicted octanol–water partition coefficient (Wildman–Crippen LogP) is 5.95. The minimum absolute atomic E-state index is 0.243. The number of aliphatic imine (C=N–C) groups is 1. The quantitative estimate of drug-likeness (QED) is 0.273. The van der Waals surface area contributed by atoms with Crippen molar-refractivity contribution in [1.29, 1.82) is 5.41 Å². The van der Waals surface area contributed by atoms with Crippen LogP contribution in [0.3, 0.4) is 0 Å². The molecule has 0 spiro atoms. The summed E-state index contributed by atoms with van der Waals surface area (Å²) in [6.45, 7) is 14.7. The fourth-order valence-corrected chi connectivity index (χ4v) is 2.33. The molecule has 0 radical (unpaired) electrons. The van der Waals surface area contributed by atoms with E-state index in [1.54, 1.807) is 34.5 Å². The first-order valence-electron chi connectivity index (χ1n) is 10.5. The molecule has 0 heterocycles. The number of benzene rings is 1. The smallest absolute Gasteiger partial charge is 0.150 e. The molecule has 0 atom stereocenters. The summed E-state index contributed by atoms with van der Waals surface area (Å²) in [5.74, 6) is 1.93. The lowest BCUT2D eigenvalue weighted by Gasteiger charge is -2.17. The first-order valence-corrected chi connectivity index (χ1v) is 10.5. The monoisotopic (exact) mass is 431 g/mol. The zero-order chi connectivity index (χ0) is 24.2. The molecule has 0 saturated heterocycles. The van der Waals surface area contributed by atoms with Crippen LogP contribution in [0.1, 0.15) is 46.6 Å². The van der Waals surface area contributed by atoms with Gasteiger partial charge in [0.25, 0.3) is 0 Å². The fourth-order valence-electron chi connectivity index (χ4n) is 2.33. The minimum atomic E-state index is 0.243. The molecule has 0 unspecified atom stereocenters. The Hall–Kier alpha value is -3.02. The molecule has 0 amide bonds. The van der Waals surface area contributed by atoms with Crippen LogP contribution in [-0.4, -0.2) is 40.3 Å². The van der Waals surface area contributed by atoms with Crippen LogP contribution in [0.15, 0.2) is 59.0 Å². The van der Waals surface area contributed by atoms with E-state index >= 15 is 0 Å². The van der Waals surface area contributed by atoms with Gasteiger partial charge >= 0.3 is 0 Å². The molecular weight excluding hydrogens is 390 g/mol. The standard InChI is InChI=1S/C20H27N3O3.C3H8.C2H6/c1-7-8-17(18(21)13-22-3)20(26-6)14(2)23-12-15-9-10-16(24-4)11-19(15)25-5;1-3-2;1-2/h7-11,13,21,23H,2,12H2,1,3-6H3;3H2,1-2H3;1-2H3/b8-7-,20-17-,21-18?,22-13?;;. The van der Waals surface area contributed by atoms with Crippen molar-refractivity contribution in [1.82, 2.24) is 5.32 Å². The van der Waals surface area contributed by atoms with Crippen molar-refractivity contribution in [3.8, 4) is 11.5 Å². The van der Waals surface area contributed by atoms with E-state index in [0.717, 1.165) is 11.3 Å². The number of rotatable bonds is 10. The Morgan fingerprint density at radius 3 is 2.23 bits per heavy atom. The molecule has 0 bridgehead atoms. The van der Waals surface area contributed by atoms with E-state index in [4.69, 9.17) is 19.6 Å². The van der Waals surface area contributed by atoms with Gasteiger partial charge in [0, 0.05) is 37.0 Å². The maximum atomic E-state index is 8.14. The molecule has 0 saturated carbocycles. The third-order valence-electron chi connectivity index (χ3n) is 3.59. The molecule has 0 aliphatic heterocycles. The van der Waals surface area contributed by atoms with E-state index in [-0.39, 0.29) is 5.71 Å². The van der Waals surface area contributed by atoms with Gasteiger partial charge in [0.15, 0.2) is 5.76 Å². The van der Waals surface area contributed by atoms with Gasteiger partial charge in [-0.05, 0) is 19.1 Å². The van der Waals surface area contributed by atoms with Crippen LogP contribution in [-0.2, 0) is 11.3 Å². The Kier molecular flexibility index (Phi) is 18.5. The van der Waals surface area contributed by atoms with Crippen LogP contribution in [0.2, 0.25) is 0 Å². The molecule has 0 fully saturated rings. The van der Waals surface area contributed by atoms with Crippen LogP contribution < -0.4 is 14.8 Å². The van der Waals surface area contributed by atoms with E-state index in [0.29, 0.717) is 29.3 Å². The second kappa shape index (κ2) is 19.0. The molecule has 6 heteroatoms. The Bertz CT molecular complexity index is 750. The largest absolute Gasteiger partial charge is 0.497 e. The molecule has 1 aromatic rings. The highest BCUT2D eigenvalue weighted by atomic mass is 16.5. The highest BCUT2D eigenvalue weighted by molar-refractivity contribution is 6.37. The third-order valence-corrected chi connectivity index (χ3v) is 3.59. The van der Waals surface area contributed by atoms with Crippen molar-refractivity contribution in [3.63, 3.8) is 0 Å². The molecule has 1 aromatic carbocycles. The second-order valence-corrected chi connectivity index (χ2v) is 5.96. The predicted molar refractivity (Wildman–Crippen MR) is 134 cm³/mol. The van der Waals surface area contributed by atoms with Gasteiger partial charge < -0.3 is 19.5 Å². The number of hydrogen-bond donors (Lipinski definition) is 2. The van der Waals surface area contributed by atoms with Gasteiger partial charge in [-0.25, -0.2) is 0 Å². The van der Waals surface area contributed by atoms with E-state index < -0.39 is 0 Å². The summed E-state index contributed by atoms with van der Waals surface area (Å²) in [5.41, 5.74) is 2.35. The van der Waals surface area contributed by atoms with Crippen LogP contribution in [0.25, 0.3) is 0 Å². The zero-order valence-electron chi connectivity index (χ0n) is 20.8. The second-order valence-electron chi connectivity index (χ2n) is 5.96. The van der Waals surface area contributed by atoms with Gasteiger partial charge in [-0.3, -0.25) is 10.4 Å².